The lowest BCUT2D eigenvalue weighted by molar-refractivity contribution is 0.282. The van der Waals surface area contributed by atoms with E-state index in [1.165, 1.54) is 24.8 Å². The van der Waals surface area contributed by atoms with Crippen LogP contribution in [-0.2, 0) is 0 Å². The van der Waals surface area contributed by atoms with Gasteiger partial charge in [-0.05, 0) is 43.9 Å². The van der Waals surface area contributed by atoms with E-state index in [0.717, 1.165) is 24.4 Å². The molecular formula is C15H22ClNO. The summed E-state index contributed by atoms with van der Waals surface area (Å²) in [5.74, 6) is 0.549. The van der Waals surface area contributed by atoms with Crippen molar-refractivity contribution in [2.75, 3.05) is 13.2 Å². The zero-order valence-electron chi connectivity index (χ0n) is 10.7. The molecule has 0 amide bonds. The van der Waals surface area contributed by atoms with Crippen LogP contribution in [0.2, 0.25) is 5.02 Å². The van der Waals surface area contributed by atoms with Crippen molar-refractivity contribution in [3.8, 4) is 0 Å². The maximum Gasteiger partial charge on any atom is 0.0441 e. The average molecular weight is 268 g/mol. The monoisotopic (exact) mass is 267 g/mol. The second-order valence-corrected chi connectivity index (χ2v) is 5.46. The molecule has 0 heterocycles. The first kappa shape index (κ1) is 13.9. The lowest BCUT2D eigenvalue weighted by Gasteiger charge is -2.22. The fraction of sp³-hybridized carbons (Fsp3) is 0.600. The fourth-order valence-electron chi connectivity index (χ4n) is 2.88. The second-order valence-electron chi connectivity index (χ2n) is 5.05. The summed E-state index contributed by atoms with van der Waals surface area (Å²) in [5, 5.41) is 13.3. The number of nitrogens with one attached hydrogen (secondary N) is 1. The molecule has 1 aliphatic carbocycles. The van der Waals surface area contributed by atoms with Crippen molar-refractivity contribution in [1.29, 1.82) is 0 Å². The highest BCUT2D eigenvalue weighted by molar-refractivity contribution is 6.31. The van der Waals surface area contributed by atoms with Gasteiger partial charge >= 0.3 is 0 Å². The molecule has 2 rings (SSSR count). The highest BCUT2D eigenvalue weighted by Gasteiger charge is 2.29. The summed E-state index contributed by atoms with van der Waals surface area (Å²) in [6, 6.07) is 8.74. The Kier molecular flexibility index (Phi) is 5.48. The molecule has 2 N–H and O–H groups in total. The molecule has 1 aromatic carbocycles. The predicted molar refractivity (Wildman–Crippen MR) is 76.2 cm³/mol. The van der Waals surface area contributed by atoms with Gasteiger partial charge in [-0.2, -0.15) is 0 Å². The Morgan fingerprint density at radius 2 is 2.06 bits per heavy atom. The van der Waals surface area contributed by atoms with Gasteiger partial charge in [0.25, 0.3) is 0 Å². The number of benzene rings is 1. The highest BCUT2D eigenvalue weighted by Crippen LogP contribution is 2.37. The molecule has 0 saturated heterocycles. The van der Waals surface area contributed by atoms with Gasteiger partial charge in [-0.3, -0.25) is 0 Å². The highest BCUT2D eigenvalue weighted by atomic mass is 35.5. The van der Waals surface area contributed by atoms with Crippen LogP contribution in [0.3, 0.4) is 0 Å². The smallest absolute Gasteiger partial charge is 0.0441 e. The minimum atomic E-state index is 0.292. The van der Waals surface area contributed by atoms with Gasteiger partial charge in [-0.25, -0.2) is 0 Å². The predicted octanol–water partition coefficient (Wildman–Crippen LogP) is 3.34. The Bertz CT molecular complexity index is 369. The van der Waals surface area contributed by atoms with Crippen LogP contribution in [0.5, 0.6) is 0 Å². The van der Waals surface area contributed by atoms with Gasteiger partial charge in [0.2, 0.25) is 0 Å². The number of hydrogen-bond acceptors (Lipinski definition) is 2. The summed E-state index contributed by atoms with van der Waals surface area (Å²) in [6.45, 7) is 1.28. The van der Waals surface area contributed by atoms with Crippen molar-refractivity contribution < 1.29 is 5.11 Å². The molecule has 3 heteroatoms. The maximum atomic E-state index is 8.78. The third-order valence-corrected chi connectivity index (χ3v) is 4.16. The molecule has 18 heavy (non-hydrogen) atoms. The van der Waals surface area contributed by atoms with Gasteiger partial charge in [0.1, 0.15) is 0 Å². The Labute approximate surface area is 114 Å². The number of aliphatic hydroxyl groups is 1. The van der Waals surface area contributed by atoms with E-state index in [0.29, 0.717) is 18.6 Å². The van der Waals surface area contributed by atoms with E-state index in [2.05, 4.69) is 17.4 Å². The second kappa shape index (κ2) is 7.13. The van der Waals surface area contributed by atoms with Crippen molar-refractivity contribution >= 4 is 11.6 Å². The molecule has 2 unspecified atom stereocenters. The first-order valence-corrected chi connectivity index (χ1v) is 7.29. The van der Waals surface area contributed by atoms with E-state index >= 15 is 0 Å². The molecule has 0 aliphatic heterocycles. The zero-order valence-corrected chi connectivity index (χ0v) is 11.5. The number of halogens is 1. The summed E-state index contributed by atoms with van der Waals surface area (Å²) >= 11 is 6.29. The molecule has 2 atom stereocenters. The quantitative estimate of drug-likeness (QED) is 0.775. The van der Waals surface area contributed by atoms with E-state index in [1.54, 1.807) is 0 Å². The summed E-state index contributed by atoms with van der Waals surface area (Å²) in [7, 11) is 0. The summed E-state index contributed by atoms with van der Waals surface area (Å²) in [6.07, 6.45) is 5.66. The van der Waals surface area contributed by atoms with Gasteiger partial charge in [-0.1, -0.05) is 36.2 Å². The van der Waals surface area contributed by atoms with E-state index in [-0.39, 0.29) is 0 Å². The molecule has 0 radical (unpaired) electrons. The SMILES string of the molecule is OCCCCNC1CCCC1c1ccccc1Cl. The van der Waals surface area contributed by atoms with Crippen LogP contribution in [0.4, 0.5) is 0 Å². The van der Waals surface area contributed by atoms with E-state index in [4.69, 9.17) is 16.7 Å². The molecule has 2 nitrogen and oxygen atoms in total. The van der Waals surface area contributed by atoms with Crippen LogP contribution in [0.15, 0.2) is 24.3 Å². The van der Waals surface area contributed by atoms with Crippen LogP contribution in [0, 0.1) is 0 Å². The molecule has 100 valence electrons. The summed E-state index contributed by atoms with van der Waals surface area (Å²) in [5.41, 5.74) is 1.29. The number of rotatable bonds is 6. The summed E-state index contributed by atoms with van der Waals surface area (Å²) in [4.78, 5) is 0. The largest absolute Gasteiger partial charge is 0.396 e. The molecule has 0 bridgehead atoms. The number of aliphatic hydroxyl groups excluding tert-OH is 1. The van der Waals surface area contributed by atoms with Crippen LogP contribution in [0.25, 0.3) is 0 Å². The minimum absolute atomic E-state index is 0.292. The third kappa shape index (κ3) is 3.47. The van der Waals surface area contributed by atoms with E-state index < -0.39 is 0 Å². The standard InChI is InChI=1S/C15H22ClNO/c16-14-8-2-1-6-12(14)13-7-5-9-15(13)17-10-3-4-11-18/h1-2,6,8,13,15,17-18H,3-5,7,9-11H2. The van der Waals surface area contributed by atoms with Crippen LogP contribution >= 0.6 is 11.6 Å². The molecule has 1 aromatic rings. The van der Waals surface area contributed by atoms with E-state index in [1.807, 2.05) is 12.1 Å². The first-order valence-electron chi connectivity index (χ1n) is 6.91. The molecule has 1 aliphatic rings. The molecule has 1 saturated carbocycles. The fourth-order valence-corrected chi connectivity index (χ4v) is 3.15. The average Bonchev–Trinajstić information content (AvgIpc) is 2.83. The van der Waals surface area contributed by atoms with Crippen molar-refractivity contribution in [2.45, 2.75) is 44.1 Å². The van der Waals surface area contributed by atoms with Gasteiger partial charge in [0.05, 0.1) is 0 Å². The molecule has 1 fully saturated rings. The van der Waals surface area contributed by atoms with Gasteiger partial charge in [0, 0.05) is 23.6 Å². The normalized spacial score (nSPS) is 23.4. The molecular weight excluding hydrogens is 246 g/mol. The van der Waals surface area contributed by atoms with Crippen molar-refractivity contribution in [3.05, 3.63) is 34.9 Å². The lowest BCUT2D eigenvalue weighted by Crippen LogP contribution is -2.32. The zero-order chi connectivity index (χ0) is 12.8. The minimum Gasteiger partial charge on any atom is -0.396 e. The molecule has 0 spiro atoms. The summed E-state index contributed by atoms with van der Waals surface area (Å²) < 4.78 is 0. The number of unbranched alkanes of at least 4 members (excludes halogenated alkanes) is 1. The Morgan fingerprint density at radius 3 is 2.83 bits per heavy atom. The van der Waals surface area contributed by atoms with Gasteiger partial charge in [0.15, 0.2) is 0 Å². The maximum absolute atomic E-state index is 8.78. The topological polar surface area (TPSA) is 32.3 Å². The Balaban J connectivity index is 1.93. The van der Waals surface area contributed by atoms with Crippen LogP contribution in [-0.4, -0.2) is 24.3 Å². The lowest BCUT2D eigenvalue weighted by atomic mass is 9.94. The van der Waals surface area contributed by atoms with Crippen molar-refractivity contribution in [2.24, 2.45) is 0 Å². The Hall–Kier alpha value is -0.570. The van der Waals surface area contributed by atoms with Crippen LogP contribution in [0.1, 0.15) is 43.6 Å². The first-order chi connectivity index (χ1) is 8.83. The van der Waals surface area contributed by atoms with Crippen LogP contribution < -0.4 is 5.32 Å². The van der Waals surface area contributed by atoms with Crippen molar-refractivity contribution in [1.82, 2.24) is 5.32 Å². The van der Waals surface area contributed by atoms with E-state index in [9.17, 15) is 0 Å². The van der Waals surface area contributed by atoms with Crippen molar-refractivity contribution in [3.63, 3.8) is 0 Å². The third-order valence-electron chi connectivity index (χ3n) is 3.81. The Morgan fingerprint density at radius 1 is 1.22 bits per heavy atom. The van der Waals surface area contributed by atoms with Gasteiger partial charge < -0.3 is 10.4 Å². The number of hydrogen-bond donors (Lipinski definition) is 2. The van der Waals surface area contributed by atoms with Gasteiger partial charge in [-0.15, -0.1) is 0 Å². The molecule has 0 aromatic heterocycles.